The molecule has 0 aliphatic rings. The molecular weight excluding hydrogens is 174 g/mol. The van der Waals surface area contributed by atoms with Gasteiger partial charge in [-0.2, -0.15) is 0 Å². The molecule has 0 fully saturated rings. The highest BCUT2D eigenvalue weighted by atomic mass is 16.1. The van der Waals surface area contributed by atoms with Gasteiger partial charge in [0.1, 0.15) is 5.78 Å². The number of hydrogen-bond donors (Lipinski definition) is 1. The summed E-state index contributed by atoms with van der Waals surface area (Å²) in [5.41, 5.74) is 0. The van der Waals surface area contributed by atoms with Gasteiger partial charge in [0.15, 0.2) is 0 Å². The Bertz CT molecular complexity index is 134. The van der Waals surface area contributed by atoms with E-state index in [1.165, 1.54) is 25.7 Å². The molecule has 0 unspecified atom stereocenters. The van der Waals surface area contributed by atoms with E-state index in [0.29, 0.717) is 5.78 Å². The Morgan fingerprint density at radius 1 is 1.00 bits per heavy atom. The van der Waals surface area contributed by atoms with Crippen molar-refractivity contribution in [2.24, 2.45) is 0 Å². The quantitative estimate of drug-likeness (QED) is 0.548. The summed E-state index contributed by atoms with van der Waals surface area (Å²) in [6.07, 6.45) is 8.75. The number of rotatable bonds is 10. The Labute approximate surface area is 88.5 Å². The molecule has 0 aliphatic carbocycles. The van der Waals surface area contributed by atoms with E-state index in [2.05, 4.69) is 12.2 Å². The van der Waals surface area contributed by atoms with Crippen LogP contribution in [0, 0.1) is 0 Å². The fourth-order valence-electron chi connectivity index (χ4n) is 1.51. The van der Waals surface area contributed by atoms with Gasteiger partial charge in [0, 0.05) is 12.8 Å². The summed E-state index contributed by atoms with van der Waals surface area (Å²) in [5, 5.41) is 3.05. The van der Waals surface area contributed by atoms with Crippen LogP contribution >= 0.6 is 0 Å². The molecule has 0 amide bonds. The van der Waals surface area contributed by atoms with E-state index in [9.17, 15) is 4.79 Å². The molecule has 0 radical (unpaired) electrons. The van der Waals surface area contributed by atoms with Gasteiger partial charge in [0.05, 0.1) is 0 Å². The van der Waals surface area contributed by atoms with Crippen molar-refractivity contribution in [2.75, 3.05) is 13.6 Å². The normalized spacial score (nSPS) is 10.4. The van der Waals surface area contributed by atoms with Crippen molar-refractivity contribution in [1.29, 1.82) is 0 Å². The van der Waals surface area contributed by atoms with E-state index < -0.39 is 0 Å². The second kappa shape index (κ2) is 10.7. The van der Waals surface area contributed by atoms with E-state index in [0.717, 1.165) is 32.2 Å². The zero-order valence-corrected chi connectivity index (χ0v) is 9.77. The molecule has 0 aromatic rings. The topological polar surface area (TPSA) is 29.1 Å². The van der Waals surface area contributed by atoms with Gasteiger partial charge in [-0.25, -0.2) is 0 Å². The number of Topliss-reactive ketones (excluding diaryl/α,β-unsaturated/α-hetero) is 1. The summed E-state index contributed by atoms with van der Waals surface area (Å²) in [5.74, 6) is 0.441. The first-order valence-electron chi connectivity index (χ1n) is 5.97. The molecule has 84 valence electrons. The SMILES string of the molecule is CCCCCCCC(=O)CCCNC. The number of carbonyl (C=O) groups is 1. The zero-order chi connectivity index (χ0) is 10.6. The lowest BCUT2D eigenvalue weighted by atomic mass is 10.1. The van der Waals surface area contributed by atoms with Gasteiger partial charge in [-0.15, -0.1) is 0 Å². The third-order valence-corrected chi connectivity index (χ3v) is 2.44. The second-order valence-corrected chi connectivity index (χ2v) is 3.91. The summed E-state index contributed by atoms with van der Waals surface area (Å²) in [7, 11) is 1.93. The van der Waals surface area contributed by atoms with E-state index in [-0.39, 0.29) is 0 Å². The maximum atomic E-state index is 11.3. The molecule has 0 atom stereocenters. The Hall–Kier alpha value is -0.370. The predicted molar refractivity (Wildman–Crippen MR) is 61.5 cm³/mol. The highest BCUT2D eigenvalue weighted by molar-refractivity contribution is 5.78. The van der Waals surface area contributed by atoms with Crippen molar-refractivity contribution < 1.29 is 4.79 Å². The number of nitrogens with one attached hydrogen (secondary N) is 1. The van der Waals surface area contributed by atoms with Crippen molar-refractivity contribution in [2.45, 2.75) is 58.3 Å². The van der Waals surface area contributed by atoms with Crippen LogP contribution in [-0.4, -0.2) is 19.4 Å². The number of carbonyl (C=O) groups excluding carboxylic acids is 1. The van der Waals surface area contributed by atoms with Crippen LogP contribution in [0.1, 0.15) is 58.3 Å². The second-order valence-electron chi connectivity index (χ2n) is 3.91. The lowest BCUT2D eigenvalue weighted by Gasteiger charge is -2.01. The van der Waals surface area contributed by atoms with Crippen LogP contribution in [0.3, 0.4) is 0 Å². The average molecular weight is 199 g/mol. The fourth-order valence-corrected chi connectivity index (χ4v) is 1.51. The van der Waals surface area contributed by atoms with E-state index >= 15 is 0 Å². The Kier molecular flexibility index (Phi) is 10.4. The van der Waals surface area contributed by atoms with Crippen molar-refractivity contribution in [3.05, 3.63) is 0 Å². The zero-order valence-electron chi connectivity index (χ0n) is 9.77. The summed E-state index contributed by atoms with van der Waals surface area (Å²) < 4.78 is 0. The number of ketones is 1. The van der Waals surface area contributed by atoms with Gasteiger partial charge < -0.3 is 5.32 Å². The molecular formula is C12H25NO. The molecule has 2 nitrogen and oxygen atoms in total. The fraction of sp³-hybridized carbons (Fsp3) is 0.917. The monoisotopic (exact) mass is 199 g/mol. The van der Waals surface area contributed by atoms with E-state index in [1.807, 2.05) is 7.05 Å². The van der Waals surface area contributed by atoms with Crippen LogP contribution in [0.5, 0.6) is 0 Å². The minimum absolute atomic E-state index is 0.441. The lowest BCUT2D eigenvalue weighted by molar-refractivity contribution is -0.119. The molecule has 2 heteroatoms. The highest BCUT2D eigenvalue weighted by Gasteiger charge is 2.00. The molecule has 0 bridgehead atoms. The Morgan fingerprint density at radius 2 is 1.64 bits per heavy atom. The molecule has 0 saturated heterocycles. The largest absolute Gasteiger partial charge is 0.320 e. The van der Waals surface area contributed by atoms with Crippen molar-refractivity contribution >= 4 is 5.78 Å². The molecule has 1 N–H and O–H groups in total. The predicted octanol–water partition coefficient (Wildman–Crippen LogP) is 2.92. The molecule has 0 aliphatic heterocycles. The minimum atomic E-state index is 0.441. The first-order chi connectivity index (χ1) is 6.81. The van der Waals surface area contributed by atoms with Gasteiger partial charge in [-0.05, 0) is 26.4 Å². The minimum Gasteiger partial charge on any atom is -0.320 e. The Balaban J connectivity index is 3.10. The number of hydrogen-bond acceptors (Lipinski definition) is 2. The molecule has 0 aromatic heterocycles. The van der Waals surface area contributed by atoms with Gasteiger partial charge in [0.25, 0.3) is 0 Å². The van der Waals surface area contributed by atoms with Crippen LogP contribution in [0.25, 0.3) is 0 Å². The summed E-state index contributed by atoms with van der Waals surface area (Å²) in [4.78, 5) is 11.3. The first-order valence-corrected chi connectivity index (χ1v) is 5.97. The maximum absolute atomic E-state index is 11.3. The molecule has 0 heterocycles. The molecule has 14 heavy (non-hydrogen) atoms. The molecule has 0 spiro atoms. The third kappa shape index (κ3) is 9.72. The lowest BCUT2D eigenvalue weighted by Crippen LogP contribution is -2.09. The standard InChI is InChI=1S/C12H25NO/c1-3-4-5-6-7-9-12(14)10-8-11-13-2/h13H,3-11H2,1-2H3. The molecule has 0 aromatic carbocycles. The van der Waals surface area contributed by atoms with Crippen LogP contribution < -0.4 is 5.32 Å². The third-order valence-electron chi connectivity index (χ3n) is 2.44. The van der Waals surface area contributed by atoms with Crippen LogP contribution in [0.4, 0.5) is 0 Å². The van der Waals surface area contributed by atoms with Crippen LogP contribution in [0.2, 0.25) is 0 Å². The molecule has 0 saturated carbocycles. The smallest absolute Gasteiger partial charge is 0.132 e. The summed E-state index contributed by atoms with van der Waals surface area (Å²) in [6, 6.07) is 0. The highest BCUT2D eigenvalue weighted by Crippen LogP contribution is 2.06. The molecule has 0 rings (SSSR count). The van der Waals surface area contributed by atoms with Crippen LogP contribution in [0.15, 0.2) is 0 Å². The van der Waals surface area contributed by atoms with E-state index in [4.69, 9.17) is 0 Å². The summed E-state index contributed by atoms with van der Waals surface area (Å²) in [6.45, 7) is 3.17. The van der Waals surface area contributed by atoms with Crippen molar-refractivity contribution in [3.63, 3.8) is 0 Å². The van der Waals surface area contributed by atoms with Gasteiger partial charge >= 0.3 is 0 Å². The summed E-state index contributed by atoms with van der Waals surface area (Å²) >= 11 is 0. The van der Waals surface area contributed by atoms with Gasteiger partial charge in [-0.3, -0.25) is 4.79 Å². The van der Waals surface area contributed by atoms with Crippen LogP contribution in [-0.2, 0) is 4.79 Å². The van der Waals surface area contributed by atoms with Crippen molar-refractivity contribution in [3.8, 4) is 0 Å². The maximum Gasteiger partial charge on any atom is 0.132 e. The first kappa shape index (κ1) is 13.6. The van der Waals surface area contributed by atoms with Gasteiger partial charge in [0.2, 0.25) is 0 Å². The van der Waals surface area contributed by atoms with Crippen molar-refractivity contribution in [1.82, 2.24) is 5.32 Å². The average Bonchev–Trinajstić information content (AvgIpc) is 2.18. The Morgan fingerprint density at radius 3 is 2.29 bits per heavy atom. The number of unbranched alkanes of at least 4 members (excludes halogenated alkanes) is 4. The van der Waals surface area contributed by atoms with Gasteiger partial charge in [-0.1, -0.05) is 32.6 Å². The van der Waals surface area contributed by atoms with E-state index in [1.54, 1.807) is 0 Å².